The summed E-state index contributed by atoms with van der Waals surface area (Å²) in [6.45, 7) is 8.42. The lowest BCUT2D eigenvalue weighted by Crippen LogP contribution is -2.29. The fourth-order valence-corrected chi connectivity index (χ4v) is 4.08. The quantitative estimate of drug-likeness (QED) is 0.382. The minimum absolute atomic E-state index is 0.0872. The minimum atomic E-state index is -0.373. The number of hydrogen-bond acceptors (Lipinski definition) is 6. The zero-order chi connectivity index (χ0) is 25.4. The van der Waals surface area contributed by atoms with Crippen molar-refractivity contribution in [3.8, 4) is 5.75 Å². The summed E-state index contributed by atoms with van der Waals surface area (Å²) in [5, 5.41) is 14.3. The topological polar surface area (TPSA) is 98.1 Å². The summed E-state index contributed by atoms with van der Waals surface area (Å²) in [7, 11) is 0. The van der Waals surface area contributed by atoms with Crippen molar-refractivity contribution in [2.24, 2.45) is 0 Å². The van der Waals surface area contributed by atoms with Crippen LogP contribution < -0.4 is 15.4 Å². The molecule has 0 unspecified atom stereocenters. The van der Waals surface area contributed by atoms with E-state index in [0.29, 0.717) is 40.4 Å². The molecule has 2 aromatic carbocycles. The van der Waals surface area contributed by atoms with Crippen LogP contribution in [0, 0.1) is 12.7 Å². The van der Waals surface area contributed by atoms with Crippen molar-refractivity contribution in [2.75, 3.05) is 17.7 Å². The highest BCUT2D eigenvalue weighted by molar-refractivity contribution is 7.99. The van der Waals surface area contributed by atoms with Gasteiger partial charge in [-0.25, -0.2) is 4.39 Å². The number of thioether (sulfide) groups is 1. The number of aromatic nitrogens is 3. The Bertz CT molecular complexity index is 1160. The Morgan fingerprint density at radius 3 is 2.54 bits per heavy atom. The van der Waals surface area contributed by atoms with E-state index in [1.54, 1.807) is 19.1 Å². The maximum absolute atomic E-state index is 13.7. The Morgan fingerprint density at radius 2 is 1.86 bits per heavy atom. The van der Waals surface area contributed by atoms with Crippen LogP contribution >= 0.6 is 11.8 Å². The van der Waals surface area contributed by atoms with Gasteiger partial charge in [-0.3, -0.25) is 9.59 Å². The average Bonchev–Trinajstić information content (AvgIpc) is 3.25. The number of ether oxygens (including phenoxy) is 1. The molecule has 0 aliphatic carbocycles. The number of anilines is 1. The van der Waals surface area contributed by atoms with E-state index in [0.717, 1.165) is 0 Å². The third-order valence-corrected chi connectivity index (χ3v) is 6.31. The predicted octanol–water partition coefficient (Wildman–Crippen LogP) is 4.29. The highest BCUT2D eigenvalue weighted by Gasteiger charge is 2.15. The summed E-state index contributed by atoms with van der Waals surface area (Å²) < 4.78 is 21.1. The lowest BCUT2D eigenvalue weighted by atomic mass is 10.0. The first-order valence-corrected chi connectivity index (χ1v) is 12.4. The molecule has 10 heteroatoms. The fourth-order valence-electron chi connectivity index (χ4n) is 3.26. The van der Waals surface area contributed by atoms with Gasteiger partial charge in [0.2, 0.25) is 5.91 Å². The van der Waals surface area contributed by atoms with Gasteiger partial charge < -0.3 is 19.9 Å². The molecule has 0 radical (unpaired) electrons. The minimum Gasteiger partial charge on any atom is -0.484 e. The molecule has 0 atom stereocenters. The van der Waals surface area contributed by atoms with Crippen LogP contribution in [-0.2, 0) is 22.7 Å². The van der Waals surface area contributed by atoms with Gasteiger partial charge >= 0.3 is 0 Å². The van der Waals surface area contributed by atoms with Crippen LogP contribution in [-0.4, -0.2) is 38.9 Å². The molecule has 3 aromatic rings. The second kappa shape index (κ2) is 12.3. The van der Waals surface area contributed by atoms with Gasteiger partial charge in [0.05, 0.1) is 12.3 Å². The summed E-state index contributed by atoms with van der Waals surface area (Å²) in [6, 6.07) is 12.2. The third kappa shape index (κ3) is 7.29. The van der Waals surface area contributed by atoms with Gasteiger partial charge in [-0.1, -0.05) is 43.8 Å². The Kier molecular flexibility index (Phi) is 9.25. The first kappa shape index (κ1) is 26.2. The van der Waals surface area contributed by atoms with Crippen molar-refractivity contribution in [1.29, 1.82) is 0 Å². The van der Waals surface area contributed by atoms with E-state index in [1.807, 2.05) is 35.8 Å². The van der Waals surface area contributed by atoms with Crippen molar-refractivity contribution in [1.82, 2.24) is 20.1 Å². The van der Waals surface area contributed by atoms with Crippen LogP contribution in [0.2, 0.25) is 0 Å². The smallest absolute Gasteiger partial charge is 0.258 e. The van der Waals surface area contributed by atoms with Crippen LogP contribution in [0.15, 0.2) is 47.6 Å². The van der Waals surface area contributed by atoms with Crippen LogP contribution in [0.5, 0.6) is 5.75 Å². The summed E-state index contributed by atoms with van der Waals surface area (Å²) >= 11 is 1.22. The Morgan fingerprint density at radius 1 is 1.11 bits per heavy atom. The van der Waals surface area contributed by atoms with Gasteiger partial charge in [0.15, 0.2) is 17.6 Å². The fraction of sp³-hybridized carbons (Fsp3) is 0.360. The molecule has 0 bridgehead atoms. The van der Waals surface area contributed by atoms with Crippen molar-refractivity contribution < 1.29 is 18.7 Å². The number of carbonyl (C=O) groups excluding carboxylic acids is 2. The number of nitrogens with one attached hydrogen (secondary N) is 2. The maximum atomic E-state index is 13.7. The molecular formula is C25H30FN5O3S. The molecule has 0 saturated heterocycles. The first-order chi connectivity index (χ1) is 16.8. The Labute approximate surface area is 208 Å². The van der Waals surface area contributed by atoms with E-state index in [2.05, 4.69) is 34.7 Å². The lowest BCUT2D eigenvalue weighted by molar-refractivity contribution is -0.123. The molecule has 0 fully saturated rings. The molecule has 0 aliphatic rings. The molecule has 0 saturated carbocycles. The van der Waals surface area contributed by atoms with Crippen molar-refractivity contribution >= 4 is 29.3 Å². The molecule has 186 valence electrons. The van der Waals surface area contributed by atoms with Crippen molar-refractivity contribution in [3.05, 3.63) is 65.2 Å². The van der Waals surface area contributed by atoms with Gasteiger partial charge in [0, 0.05) is 17.8 Å². The van der Waals surface area contributed by atoms with E-state index in [-0.39, 0.29) is 36.5 Å². The van der Waals surface area contributed by atoms with Crippen LogP contribution in [0.1, 0.15) is 43.6 Å². The zero-order valence-electron chi connectivity index (χ0n) is 20.3. The first-order valence-electron chi connectivity index (χ1n) is 11.4. The number of hydrogen-bond donors (Lipinski definition) is 2. The van der Waals surface area contributed by atoms with E-state index >= 15 is 0 Å². The number of rotatable bonds is 11. The largest absolute Gasteiger partial charge is 0.484 e. The standard InChI is InChI=1S/C25H30FN5O3S/c1-5-31-22(13-27-23(32)14-34-19-11-9-18(10-12-19)16(2)3)29-30-25(31)35-15-24(33)28-21-8-6-7-20(26)17(21)4/h6-12,16H,5,13-15H2,1-4H3,(H,27,32)(H,28,33). The second-order valence-electron chi connectivity index (χ2n) is 8.18. The highest BCUT2D eigenvalue weighted by atomic mass is 32.2. The molecule has 2 amide bonds. The second-order valence-corrected chi connectivity index (χ2v) is 9.12. The normalized spacial score (nSPS) is 10.9. The Balaban J connectivity index is 1.48. The van der Waals surface area contributed by atoms with Crippen LogP contribution in [0.3, 0.4) is 0 Å². The molecule has 0 aliphatic heterocycles. The van der Waals surface area contributed by atoms with Crippen LogP contribution in [0.25, 0.3) is 0 Å². The lowest BCUT2D eigenvalue weighted by Gasteiger charge is -2.11. The van der Waals surface area contributed by atoms with Gasteiger partial charge in [-0.05, 0) is 49.6 Å². The van der Waals surface area contributed by atoms with Gasteiger partial charge in [0.25, 0.3) is 5.91 Å². The molecule has 2 N–H and O–H groups in total. The highest BCUT2D eigenvalue weighted by Crippen LogP contribution is 2.21. The molecule has 8 nitrogen and oxygen atoms in total. The number of nitrogens with zero attached hydrogens (tertiary/aromatic N) is 3. The zero-order valence-corrected chi connectivity index (χ0v) is 21.1. The number of carbonyl (C=O) groups is 2. The molecule has 1 aromatic heterocycles. The Hall–Kier alpha value is -3.40. The third-order valence-electron chi connectivity index (χ3n) is 5.34. The van der Waals surface area contributed by atoms with E-state index in [4.69, 9.17) is 4.74 Å². The van der Waals surface area contributed by atoms with Gasteiger partial charge in [0.1, 0.15) is 11.6 Å². The summed E-state index contributed by atoms with van der Waals surface area (Å²) in [5.41, 5.74) is 2.03. The van der Waals surface area contributed by atoms with E-state index in [9.17, 15) is 14.0 Å². The van der Waals surface area contributed by atoms with E-state index in [1.165, 1.54) is 23.4 Å². The summed E-state index contributed by atoms with van der Waals surface area (Å²) in [6.07, 6.45) is 0. The van der Waals surface area contributed by atoms with Gasteiger partial charge in [-0.15, -0.1) is 10.2 Å². The molecule has 0 spiro atoms. The van der Waals surface area contributed by atoms with Crippen molar-refractivity contribution in [3.63, 3.8) is 0 Å². The maximum Gasteiger partial charge on any atom is 0.258 e. The molecule has 35 heavy (non-hydrogen) atoms. The molecule has 3 rings (SSSR count). The molecular weight excluding hydrogens is 469 g/mol. The van der Waals surface area contributed by atoms with E-state index < -0.39 is 0 Å². The summed E-state index contributed by atoms with van der Waals surface area (Å²) in [5.74, 6) is 0.799. The van der Waals surface area contributed by atoms with Gasteiger partial charge in [-0.2, -0.15) is 0 Å². The predicted molar refractivity (Wildman–Crippen MR) is 134 cm³/mol. The summed E-state index contributed by atoms with van der Waals surface area (Å²) in [4.78, 5) is 24.6. The monoisotopic (exact) mass is 499 g/mol. The SMILES string of the molecule is CCn1c(CNC(=O)COc2ccc(C(C)C)cc2)nnc1SCC(=O)Nc1cccc(F)c1C. The number of amides is 2. The van der Waals surface area contributed by atoms with Crippen LogP contribution in [0.4, 0.5) is 10.1 Å². The number of halogens is 1. The average molecular weight is 500 g/mol. The van der Waals surface area contributed by atoms with Crippen molar-refractivity contribution in [2.45, 2.75) is 51.9 Å². The number of benzene rings is 2. The molecule has 1 heterocycles.